The summed E-state index contributed by atoms with van der Waals surface area (Å²) >= 11 is 0. The number of carbonyl (C=O) groups is 1. The van der Waals surface area contributed by atoms with Crippen molar-refractivity contribution in [1.82, 2.24) is 4.90 Å². The van der Waals surface area contributed by atoms with E-state index in [9.17, 15) is 14.9 Å². The minimum atomic E-state index is -0.399. The van der Waals surface area contributed by atoms with Gasteiger partial charge < -0.3 is 9.47 Å². The zero-order valence-corrected chi connectivity index (χ0v) is 12.3. The highest BCUT2D eigenvalue weighted by molar-refractivity contribution is 5.69. The monoisotopic (exact) mass is 296 g/mol. The van der Waals surface area contributed by atoms with Crippen LogP contribution in [0.25, 0.3) is 0 Å². The Morgan fingerprint density at radius 2 is 2.00 bits per heavy atom. The first kappa shape index (κ1) is 17.1. The van der Waals surface area contributed by atoms with Crippen LogP contribution in [0, 0.1) is 10.1 Å². The summed E-state index contributed by atoms with van der Waals surface area (Å²) in [5.74, 6) is -0.306. The van der Waals surface area contributed by atoms with E-state index in [2.05, 4.69) is 4.74 Å². The molecule has 0 aromatic heterocycles. The van der Waals surface area contributed by atoms with Gasteiger partial charge in [-0.05, 0) is 0 Å². The van der Waals surface area contributed by atoms with Crippen molar-refractivity contribution in [2.45, 2.75) is 13.0 Å². The predicted octanol–water partition coefficient (Wildman–Crippen LogP) is 1.61. The number of hydrogen-bond acceptors (Lipinski definition) is 6. The lowest BCUT2D eigenvalue weighted by atomic mass is 10.1. The van der Waals surface area contributed by atoms with E-state index in [0.29, 0.717) is 31.8 Å². The Kier molecular flexibility index (Phi) is 7.34. The zero-order chi connectivity index (χ0) is 15.7. The summed E-state index contributed by atoms with van der Waals surface area (Å²) in [7, 11) is 2.92. The number of rotatable bonds is 9. The molecule has 21 heavy (non-hydrogen) atoms. The van der Waals surface area contributed by atoms with E-state index in [0.717, 1.165) is 0 Å². The number of carbonyl (C=O) groups excluding carboxylic acids is 1. The van der Waals surface area contributed by atoms with Crippen LogP contribution in [0.15, 0.2) is 24.3 Å². The van der Waals surface area contributed by atoms with Gasteiger partial charge in [0.05, 0.1) is 25.1 Å². The molecule has 0 bridgehead atoms. The van der Waals surface area contributed by atoms with E-state index in [1.807, 2.05) is 4.90 Å². The van der Waals surface area contributed by atoms with Crippen molar-refractivity contribution >= 4 is 11.7 Å². The minimum Gasteiger partial charge on any atom is -0.469 e. The van der Waals surface area contributed by atoms with Crippen molar-refractivity contribution < 1.29 is 19.2 Å². The summed E-state index contributed by atoms with van der Waals surface area (Å²) in [4.78, 5) is 23.8. The fourth-order valence-electron chi connectivity index (χ4n) is 1.91. The lowest BCUT2D eigenvalue weighted by Crippen LogP contribution is -2.30. The Labute approximate surface area is 123 Å². The summed E-state index contributed by atoms with van der Waals surface area (Å²) in [6.45, 7) is 1.92. The summed E-state index contributed by atoms with van der Waals surface area (Å²) < 4.78 is 9.64. The zero-order valence-electron chi connectivity index (χ0n) is 12.3. The maximum atomic E-state index is 11.2. The number of benzene rings is 1. The highest BCUT2D eigenvalue weighted by Gasteiger charge is 2.16. The van der Waals surface area contributed by atoms with Gasteiger partial charge >= 0.3 is 5.97 Å². The van der Waals surface area contributed by atoms with Crippen molar-refractivity contribution in [3.05, 3.63) is 39.9 Å². The van der Waals surface area contributed by atoms with Gasteiger partial charge in [-0.15, -0.1) is 0 Å². The maximum absolute atomic E-state index is 11.2. The molecule has 0 spiro atoms. The Bertz CT molecular complexity index is 478. The van der Waals surface area contributed by atoms with Gasteiger partial charge in [-0.1, -0.05) is 18.2 Å². The van der Waals surface area contributed by atoms with Gasteiger partial charge in [0.2, 0.25) is 0 Å². The summed E-state index contributed by atoms with van der Waals surface area (Å²) in [5.41, 5.74) is 0.696. The molecule has 0 unspecified atom stereocenters. The molecule has 0 atom stereocenters. The first-order valence-corrected chi connectivity index (χ1v) is 6.59. The number of para-hydroxylation sites is 1. The van der Waals surface area contributed by atoms with Crippen LogP contribution in [0.1, 0.15) is 12.0 Å². The van der Waals surface area contributed by atoms with Crippen LogP contribution in [0.4, 0.5) is 5.69 Å². The average Bonchev–Trinajstić information content (AvgIpc) is 2.49. The van der Waals surface area contributed by atoms with Crippen LogP contribution in [-0.2, 0) is 20.8 Å². The third kappa shape index (κ3) is 5.88. The van der Waals surface area contributed by atoms with Crippen molar-refractivity contribution in [1.29, 1.82) is 0 Å². The quantitative estimate of drug-likeness (QED) is 0.391. The molecule has 1 rings (SSSR count). The van der Waals surface area contributed by atoms with Gasteiger partial charge in [0.1, 0.15) is 0 Å². The summed E-state index contributed by atoms with van der Waals surface area (Å²) in [6, 6.07) is 6.59. The van der Waals surface area contributed by atoms with Crippen LogP contribution in [0.5, 0.6) is 0 Å². The van der Waals surface area contributed by atoms with Crippen molar-refractivity contribution in [2.75, 3.05) is 33.9 Å². The topological polar surface area (TPSA) is 81.9 Å². The number of nitrogens with zero attached hydrogens (tertiary/aromatic N) is 2. The van der Waals surface area contributed by atoms with E-state index in [1.165, 1.54) is 13.2 Å². The molecule has 0 radical (unpaired) electrons. The molecular weight excluding hydrogens is 276 g/mol. The first-order valence-electron chi connectivity index (χ1n) is 6.59. The van der Waals surface area contributed by atoms with E-state index in [-0.39, 0.29) is 18.1 Å². The second kappa shape index (κ2) is 9.04. The Morgan fingerprint density at radius 3 is 2.62 bits per heavy atom. The summed E-state index contributed by atoms with van der Waals surface area (Å²) in [6.07, 6.45) is 0.237. The van der Waals surface area contributed by atoms with Crippen LogP contribution in [0.2, 0.25) is 0 Å². The SMILES string of the molecule is COCCN(CCC(=O)OC)Cc1ccccc1[N+](=O)[O-]. The smallest absolute Gasteiger partial charge is 0.306 e. The second-order valence-electron chi connectivity index (χ2n) is 4.48. The fourth-order valence-corrected chi connectivity index (χ4v) is 1.91. The van der Waals surface area contributed by atoms with Gasteiger partial charge in [-0.2, -0.15) is 0 Å². The normalized spacial score (nSPS) is 10.6. The lowest BCUT2D eigenvalue weighted by molar-refractivity contribution is -0.385. The molecule has 0 heterocycles. The van der Waals surface area contributed by atoms with Crippen molar-refractivity contribution in [3.63, 3.8) is 0 Å². The van der Waals surface area contributed by atoms with Gasteiger partial charge in [0, 0.05) is 38.4 Å². The highest BCUT2D eigenvalue weighted by atomic mass is 16.6. The number of methoxy groups -OCH3 is 2. The molecule has 1 aromatic carbocycles. The molecule has 7 nitrogen and oxygen atoms in total. The van der Waals surface area contributed by atoms with E-state index < -0.39 is 4.92 Å². The standard InChI is InChI=1S/C14H20N2O5/c1-20-10-9-15(8-7-14(17)21-2)11-12-5-3-4-6-13(12)16(18)19/h3-6H,7-11H2,1-2H3. The number of esters is 1. The second-order valence-corrected chi connectivity index (χ2v) is 4.48. The van der Waals surface area contributed by atoms with Gasteiger partial charge in [0.25, 0.3) is 5.69 Å². The van der Waals surface area contributed by atoms with Crippen molar-refractivity contribution in [3.8, 4) is 0 Å². The molecule has 0 amide bonds. The fraction of sp³-hybridized carbons (Fsp3) is 0.500. The van der Waals surface area contributed by atoms with Gasteiger partial charge in [-0.3, -0.25) is 19.8 Å². The molecular formula is C14H20N2O5. The van der Waals surface area contributed by atoms with Crippen LogP contribution >= 0.6 is 0 Å². The largest absolute Gasteiger partial charge is 0.469 e. The van der Waals surface area contributed by atoms with E-state index in [1.54, 1.807) is 25.3 Å². The molecule has 7 heteroatoms. The lowest BCUT2D eigenvalue weighted by Gasteiger charge is -2.21. The number of ether oxygens (including phenoxy) is 2. The Balaban J connectivity index is 2.75. The van der Waals surface area contributed by atoms with Crippen LogP contribution < -0.4 is 0 Å². The highest BCUT2D eigenvalue weighted by Crippen LogP contribution is 2.19. The summed E-state index contributed by atoms with van der Waals surface area (Å²) in [5, 5.41) is 11.0. The van der Waals surface area contributed by atoms with Crippen LogP contribution in [-0.4, -0.2) is 49.7 Å². The number of nitro groups is 1. The third-order valence-corrected chi connectivity index (χ3v) is 3.05. The number of nitro benzene ring substituents is 1. The molecule has 0 aliphatic carbocycles. The van der Waals surface area contributed by atoms with Gasteiger partial charge in [0.15, 0.2) is 0 Å². The minimum absolute atomic E-state index is 0.0815. The molecule has 116 valence electrons. The Hall–Kier alpha value is -1.99. The molecule has 0 saturated heterocycles. The maximum Gasteiger partial charge on any atom is 0.306 e. The van der Waals surface area contributed by atoms with Gasteiger partial charge in [-0.25, -0.2) is 0 Å². The molecule has 0 aliphatic rings. The molecule has 0 saturated carbocycles. The number of hydrogen-bond donors (Lipinski definition) is 0. The van der Waals surface area contributed by atoms with E-state index >= 15 is 0 Å². The van der Waals surface area contributed by atoms with Crippen molar-refractivity contribution in [2.24, 2.45) is 0 Å². The predicted molar refractivity (Wildman–Crippen MR) is 76.9 cm³/mol. The third-order valence-electron chi connectivity index (χ3n) is 3.05. The first-order chi connectivity index (χ1) is 10.1. The Morgan fingerprint density at radius 1 is 1.29 bits per heavy atom. The average molecular weight is 296 g/mol. The molecule has 0 fully saturated rings. The molecule has 1 aromatic rings. The van der Waals surface area contributed by atoms with E-state index in [4.69, 9.17) is 4.74 Å². The molecule has 0 aliphatic heterocycles. The molecule has 0 N–H and O–H groups in total. The van der Waals surface area contributed by atoms with Crippen LogP contribution in [0.3, 0.4) is 0 Å².